The lowest BCUT2D eigenvalue weighted by atomic mass is 10.1. The van der Waals surface area contributed by atoms with Gasteiger partial charge in [-0.3, -0.25) is 14.9 Å². The molecule has 4 N–H and O–H groups in total. The Labute approximate surface area is 334 Å². The van der Waals surface area contributed by atoms with E-state index in [1.165, 1.54) is 22.3 Å². The number of carbonyl (C=O) groups is 5. The molecule has 0 spiro atoms. The molecule has 4 amide bonds. The summed E-state index contributed by atoms with van der Waals surface area (Å²) in [6, 6.07) is 2.85. The number of thiazole rings is 1. The predicted octanol–water partition coefficient (Wildman–Crippen LogP) is 5.74. The van der Waals surface area contributed by atoms with Crippen LogP contribution < -0.4 is 25.4 Å². The van der Waals surface area contributed by atoms with Crippen LogP contribution >= 0.6 is 11.3 Å². The van der Waals surface area contributed by atoms with Crippen molar-refractivity contribution in [3.05, 3.63) is 53.9 Å². The number of amides is 4. The van der Waals surface area contributed by atoms with Crippen molar-refractivity contribution < 1.29 is 48.0 Å². The maximum Gasteiger partial charge on any atom is 0.413 e. The monoisotopic (exact) mass is 804 g/mol. The number of carboxylic acids is 1. The molecule has 304 valence electrons. The van der Waals surface area contributed by atoms with Crippen LogP contribution in [0.15, 0.2) is 48.4 Å². The van der Waals surface area contributed by atoms with E-state index in [9.17, 15) is 29.1 Å². The van der Waals surface area contributed by atoms with Gasteiger partial charge in [-0.2, -0.15) is 0 Å². The molecule has 1 aliphatic heterocycles. The normalized spacial score (nSPS) is 22.1. The van der Waals surface area contributed by atoms with Gasteiger partial charge in [0.25, 0.3) is 0 Å². The van der Waals surface area contributed by atoms with E-state index in [1.54, 1.807) is 51.5 Å². The SMILES string of the molecule is C=C[C@@H]1C[C@]1(NC(=O)[C@@H]1C[C@@H](Oc2cc(-c3csc(NC(=O)OC(C)C)n3)nc3c(C)c(OC)ccc23)CN1C(=O)[C@@H](NC(=O)OC1CCCC1)C(=C)C)C(=O)O. The third-order valence-electron chi connectivity index (χ3n) is 10.4. The van der Waals surface area contributed by atoms with Crippen molar-refractivity contribution in [2.75, 3.05) is 19.0 Å². The fourth-order valence-corrected chi connectivity index (χ4v) is 8.04. The molecular formula is C40H48N6O10S. The highest BCUT2D eigenvalue weighted by atomic mass is 32.1. The molecular weight excluding hydrogens is 757 g/mol. The first-order valence-electron chi connectivity index (χ1n) is 18.8. The number of hydrogen-bond acceptors (Lipinski definition) is 12. The molecule has 57 heavy (non-hydrogen) atoms. The Morgan fingerprint density at radius 2 is 1.81 bits per heavy atom. The van der Waals surface area contributed by atoms with Gasteiger partial charge < -0.3 is 39.6 Å². The van der Waals surface area contributed by atoms with E-state index in [0.717, 1.165) is 31.2 Å². The van der Waals surface area contributed by atoms with Crippen molar-refractivity contribution in [1.82, 2.24) is 25.5 Å². The summed E-state index contributed by atoms with van der Waals surface area (Å²) in [4.78, 5) is 76.7. The smallest absolute Gasteiger partial charge is 0.413 e. The summed E-state index contributed by atoms with van der Waals surface area (Å²) in [6.45, 7) is 14.5. The number of likely N-dealkylation sites (tertiary alicyclic amines) is 1. The van der Waals surface area contributed by atoms with Crippen molar-refractivity contribution in [2.45, 2.75) is 102 Å². The summed E-state index contributed by atoms with van der Waals surface area (Å²) in [5, 5.41) is 20.6. The number of methoxy groups -OCH3 is 1. The van der Waals surface area contributed by atoms with Crippen LogP contribution in [-0.4, -0.2) is 99.5 Å². The van der Waals surface area contributed by atoms with E-state index >= 15 is 0 Å². The van der Waals surface area contributed by atoms with Crippen LogP contribution in [0.25, 0.3) is 22.3 Å². The Balaban J connectivity index is 1.32. The van der Waals surface area contributed by atoms with E-state index in [4.69, 9.17) is 23.9 Å². The van der Waals surface area contributed by atoms with Crippen LogP contribution in [0.1, 0.15) is 64.9 Å². The molecule has 2 aliphatic carbocycles. The quantitative estimate of drug-likeness (QED) is 0.144. The maximum atomic E-state index is 14.4. The summed E-state index contributed by atoms with van der Waals surface area (Å²) in [5.74, 6) is -2.06. The number of carboxylic acid groups (broad SMARTS) is 1. The summed E-state index contributed by atoms with van der Waals surface area (Å²) in [6.07, 6.45) is 2.18. The molecule has 1 saturated heterocycles. The molecule has 0 bridgehead atoms. The van der Waals surface area contributed by atoms with Crippen molar-refractivity contribution in [2.24, 2.45) is 5.92 Å². The van der Waals surface area contributed by atoms with Crippen LogP contribution in [0.5, 0.6) is 11.5 Å². The summed E-state index contributed by atoms with van der Waals surface area (Å²) in [7, 11) is 1.55. The largest absolute Gasteiger partial charge is 0.496 e. The second-order valence-corrected chi connectivity index (χ2v) is 15.8. The molecule has 0 radical (unpaired) electrons. The highest BCUT2D eigenvalue weighted by molar-refractivity contribution is 7.14. The summed E-state index contributed by atoms with van der Waals surface area (Å²) >= 11 is 1.18. The second kappa shape index (κ2) is 16.8. The zero-order valence-corrected chi connectivity index (χ0v) is 33.4. The molecule has 3 fully saturated rings. The van der Waals surface area contributed by atoms with Crippen LogP contribution in [0, 0.1) is 12.8 Å². The summed E-state index contributed by atoms with van der Waals surface area (Å²) in [5.41, 5.74) is 0.875. The van der Waals surface area contributed by atoms with E-state index in [-0.39, 0.29) is 31.6 Å². The van der Waals surface area contributed by atoms with Gasteiger partial charge >= 0.3 is 18.2 Å². The number of carbonyl (C=O) groups excluding carboxylic acids is 4. The number of ether oxygens (including phenoxy) is 4. The number of rotatable bonds is 14. The van der Waals surface area contributed by atoms with Gasteiger partial charge in [-0.25, -0.2) is 24.4 Å². The average molecular weight is 805 g/mol. The number of pyridine rings is 1. The van der Waals surface area contributed by atoms with Crippen LogP contribution in [0.4, 0.5) is 14.7 Å². The van der Waals surface area contributed by atoms with Crippen LogP contribution in [0.3, 0.4) is 0 Å². The lowest BCUT2D eigenvalue weighted by molar-refractivity contribution is -0.145. The zero-order valence-electron chi connectivity index (χ0n) is 32.6. The molecule has 0 unspecified atom stereocenters. The molecule has 2 saturated carbocycles. The number of anilines is 1. The number of benzene rings is 1. The Hall–Kier alpha value is -5.71. The van der Waals surface area contributed by atoms with Gasteiger partial charge in [-0.1, -0.05) is 12.7 Å². The minimum Gasteiger partial charge on any atom is -0.496 e. The zero-order chi connectivity index (χ0) is 41.2. The molecule has 3 heterocycles. The number of aromatic nitrogens is 2. The number of nitrogens with zero attached hydrogens (tertiary/aromatic N) is 3. The van der Waals surface area contributed by atoms with E-state index in [1.807, 2.05) is 6.92 Å². The van der Waals surface area contributed by atoms with Crippen LogP contribution in [0.2, 0.25) is 0 Å². The Kier molecular flexibility index (Phi) is 12.1. The lowest BCUT2D eigenvalue weighted by Gasteiger charge is -2.29. The fourth-order valence-electron chi connectivity index (χ4n) is 7.35. The molecule has 6 rings (SSSR count). The van der Waals surface area contributed by atoms with Crippen molar-refractivity contribution >= 4 is 57.3 Å². The Morgan fingerprint density at radius 1 is 1.07 bits per heavy atom. The first-order chi connectivity index (χ1) is 27.1. The standard InChI is InChI=1S/C40H48N6O10S/c1-8-23-17-40(23,36(49)50)45-34(47)29-15-25(18-46(29)35(48)32(20(2)3)43-38(51)56-24-11-9-10-12-24)55-31-16-27(41-33-22(6)30(53-7)14-13-26(31)33)28-19-57-37(42-28)44-39(52)54-21(4)5/h8,13-14,16,19,21,23-25,29,32H,1-2,9-12,15,17-18H2,3-7H3,(H,43,51)(H,45,47)(H,49,50)(H,42,44,52)/t23-,25-,29+,32+,40-/m1/s1. The minimum absolute atomic E-state index is 0.0154. The average Bonchev–Trinajstić information content (AvgIpc) is 3.57. The fraction of sp³-hybridized carbons (Fsp3) is 0.475. The molecule has 2 aromatic heterocycles. The van der Waals surface area contributed by atoms with Gasteiger partial charge in [0.15, 0.2) is 5.13 Å². The molecule has 3 aromatic rings. The van der Waals surface area contributed by atoms with Gasteiger partial charge in [0.1, 0.15) is 47.0 Å². The number of hydrogen-bond donors (Lipinski definition) is 4. The van der Waals surface area contributed by atoms with E-state index < -0.39 is 59.6 Å². The van der Waals surface area contributed by atoms with Gasteiger partial charge in [-0.15, -0.1) is 17.9 Å². The number of aryl methyl sites for hydroxylation is 1. The minimum atomic E-state index is -1.55. The lowest BCUT2D eigenvalue weighted by Crippen LogP contribution is -2.56. The van der Waals surface area contributed by atoms with E-state index in [0.29, 0.717) is 44.5 Å². The first kappa shape index (κ1) is 40.9. The molecule has 5 atom stereocenters. The maximum absolute atomic E-state index is 14.4. The van der Waals surface area contributed by atoms with Crippen LogP contribution in [-0.2, 0) is 23.9 Å². The van der Waals surface area contributed by atoms with Gasteiger partial charge in [-0.05, 0) is 77.5 Å². The third-order valence-corrected chi connectivity index (χ3v) is 11.2. The Bertz CT molecular complexity index is 2100. The molecule has 16 nitrogen and oxygen atoms in total. The van der Waals surface area contributed by atoms with E-state index in [2.05, 4.69) is 34.1 Å². The molecule has 1 aromatic carbocycles. The van der Waals surface area contributed by atoms with Gasteiger partial charge in [0, 0.05) is 34.7 Å². The third kappa shape index (κ3) is 8.82. The number of nitrogens with one attached hydrogen (secondary N) is 3. The van der Waals surface area contributed by atoms with Gasteiger partial charge in [0.05, 0.1) is 31.0 Å². The summed E-state index contributed by atoms with van der Waals surface area (Å²) < 4.78 is 23.0. The van der Waals surface area contributed by atoms with Crippen molar-refractivity contribution in [3.63, 3.8) is 0 Å². The topological polar surface area (TPSA) is 208 Å². The van der Waals surface area contributed by atoms with Gasteiger partial charge in [0.2, 0.25) is 11.8 Å². The van der Waals surface area contributed by atoms with Crippen molar-refractivity contribution in [1.29, 1.82) is 0 Å². The number of aliphatic carboxylic acids is 1. The second-order valence-electron chi connectivity index (χ2n) is 14.9. The highest BCUT2D eigenvalue weighted by Crippen LogP contribution is 2.45. The highest BCUT2D eigenvalue weighted by Gasteiger charge is 2.61. The first-order valence-corrected chi connectivity index (χ1v) is 19.7. The number of fused-ring (bicyclic) bond motifs is 1. The Morgan fingerprint density at radius 3 is 2.44 bits per heavy atom. The molecule has 3 aliphatic rings. The van der Waals surface area contributed by atoms with Crippen molar-refractivity contribution in [3.8, 4) is 22.9 Å². The molecule has 17 heteroatoms. The number of alkyl carbamates (subject to hydrolysis) is 1. The predicted molar refractivity (Wildman–Crippen MR) is 211 cm³/mol.